The monoisotopic (exact) mass is 245 g/mol. The molecule has 3 nitrogen and oxygen atoms in total. The zero-order valence-electron chi connectivity index (χ0n) is 11.0. The van der Waals surface area contributed by atoms with Gasteiger partial charge < -0.3 is 4.74 Å². The van der Waals surface area contributed by atoms with Crippen molar-refractivity contribution in [1.82, 2.24) is 0 Å². The predicted molar refractivity (Wildman–Crippen MR) is 70.6 cm³/mol. The van der Waals surface area contributed by atoms with E-state index in [1.807, 2.05) is 13.8 Å². The first-order valence-electron chi connectivity index (χ1n) is 6.16. The second kappa shape index (κ2) is 6.80. The van der Waals surface area contributed by atoms with Crippen LogP contribution in [0.5, 0.6) is 0 Å². The molecule has 2 rings (SSSR count). The van der Waals surface area contributed by atoms with Gasteiger partial charge in [-0.3, -0.25) is 0 Å². The molecule has 0 aliphatic heterocycles. The molecule has 2 aliphatic rings. The number of ether oxygens (including phenoxy) is 1. The highest BCUT2D eigenvalue weighted by molar-refractivity contribution is 5.91. The molecule has 0 saturated heterocycles. The number of nitrogens with zero attached hydrogens (tertiary/aromatic N) is 1. The minimum Gasteiger partial charge on any atom is -0.461 e. The van der Waals surface area contributed by atoms with Crippen LogP contribution in [0, 0.1) is 17.2 Å². The van der Waals surface area contributed by atoms with Crippen LogP contribution in [0.1, 0.15) is 33.1 Å². The molecule has 3 heteroatoms. The van der Waals surface area contributed by atoms with Crippen LogP contribution in [-0.2, 0) is 9.53 Å². The number of carbonyl (C=O) groups excluding carboxylic acids is 1. The lowest BCUT2D eigenvalue weighted by atomic mass is 10.2. The van der Waals surface area contributed by atoms with E-state index in [0.717, 1.165) is 0 Å². The lowest BCUT2D eigenvalue weighted by molar-refractivity contribution is -0.139. The van der Waals surface area contributed by atoms with Gasteiger partial charge in [-0.2, -0.15) is 5.26 Å². The summed E-state index contributed by atoms with van der Waals surface area (Å²) in [6.45, 7) is 7.39. The minimum atomic E-state index is -0.624. The fraction of sp³-hybridized carbons (Fsp3) is 0.467. The summed E-state index contributed by atoms with van der Waals surface area (Å²) < 4.78 is 4.70. The Kier molecular flexibility index (Phi) is 5.38. The van der Waals surface area contributed by atoms with Gasteiger partial charge in [0.2, 0.25) is 0 Å². The third-order valence-electron chi connectivity index (χ3n) is 2.71. The fourth-order valence-corrected chi connectivity index (χ4v) is 1.68. The van der Waals surface area contributed by atoms with Crippen LogP contribution in [0.3, 0.4) is 0 Å². The first-order valence-corrected chi connectivity index (χ1v) is 6.16. The number of nitriles is 1. The molecular weight excluding hydrogens is 226 g/mol. The predicted octanol–water partition coefficient (Wildman–Crippen LogP) is 3.30. The smallest absolute Gasteiger partial charge is 0.348 e. The van der Waals surface area contributed by atoms with Crippen molar-refractivity contribution in [2.24, 2.45) is 5.92 Å². The number of allylic oxidation sites excluding steroid dienone is 4. The van der Waals surface area contributed by atoms with Crippen LogP contribution in [0.4, 0.5) is 0 Å². The second-order valence-electron chi connectivity index (χ2n) is 4.91. The molecule has 1 saturated carbocycles. The van der Waals surface area contributed by atoms with Gasteiger partial charge in [0.25, 0.3) is 0 Å². The van der Waals surface area contributed by atoms with Crippen molar-refractivity contribution in [3.05, 3.63) is 35.5 Å². The maximum atomic E-state index is 10.7. The van der Waals surface area contributed by atoms with Gasteiger partial charge in [0.1, 0.15) is 11.6 Å². The quantitative estimate of drug-likeness (QED) is 0.435. The molecule has 18 heavy (non-hydrogen) atoms. The van der Waals surface area contributed by atoms with E-state index in [0.29, 0.717) is 6.61 Å². The average Bonchev–Trinajstić information content (AvgIpc) is 3.00. The van der Waals surface area contributed by atoms with Gasteiger partial charge in [0, 0.05) is 0 Å². The topological polar surface area (TPSA) is 50.1 Å². The molecule has 0 aromatic heterocycles. The van der Waals surface area contributed by atoms with Crippen molar-refractivity contribution < 1.29 is 9.53 Å². The summed E-state index contributed by atoms with van der Waals surface area (Å²) in [6, 6.07) is 1.62. The summed E-state index contributed by atoms with van der Waals surface area (Å²) in [6.07, 6.45) is 8.54. The maximum Gasteiger partial charge on any atom is 0.348 e. The molecule has 0 spiro atoms. The van der Waals surface area contributed by atoms with E-state index in [1.165, 1.54) is 19.3 Å². The highest BCUT2D eigenvalue weighted by Crippen LogP contribution is 2.34. The van der Waals surface area contributed by atoms with Crippen molar-refractivity contribution in [2.45, 2.75) is 33.1 Å². The van der Waals surface area contributed by atoms with Gasteiger partial charge in [-0.25, -0.2) is 4.79 Å². The van der Waals surface area contributed by atoms with E-state index in [4.69, 9.17) is 10.00 Å². The van der Waals surface area contributed by atoms with Crippen LogP contribution in [-0.4, -0.2) is 12.6 Å². The van der Waals surface area contributed by atoms with E-state index in [9.17, 15) is 4.79 Å². The molecule has 0 aromatic rings. The van der Waals surface area contributed by atoms with E-state index >= 15 is 0 Å². The number of fused-ring (bicyclic) bond motifs is 2. The van der Waals surface area contributed by atoms with Gasteiger partial charge in [0.15, 0.2) is 0 Å². The fourth-order valence-electron chi connectivity index (χ4n) is 1.68. The van der Waals surface area contributed by atoms with Gasteiger partial charge >= 0.3 is 5.97 Å². The zero-order chi connectivity index (χ0) is 13.5. The normalized spacial score (nSPS) is 15.2. The lowest BCUT2D eigenvalue weighted by Crippen LogP contribution is -2.10. The second-order valence-corrected chi connectivity index (χ2v) is 4.91. The Morgan fingerprint density at radius 3 is 2.28 bits per heavy atom. The van der Waals surface area contributed by atoms with Crippen molar-refractivity contribution in [2.75, 3.05) is 6.61 Å². The van der Waals surface area contributed by atoms with E-state index in [-0.39, 0.29) is 11.5 Å². The summed E-state index contributed by atoms with van der Waals surface area (Å²) in [4.78, 5) is 10.7. The number of rotatable bonds is 3. The van der Waals surface area contributed by atoms with E-state index < -0.39 is 5.97 Å². The molecule has 1 fully saturated rings. The molecule has 0 amide bonds. The molecule has 2 aliphatic carbocycles. The SMILES string of the molecule is C1=C2CCC(=C1)C2.C=C(C#N)C(=O)OCC(C)C. The zero-order valence-corrected chi connectivity index (χ0v) is 11.0. The molecule has 0 radical (unpaired) electrons. The van der Waals surface area contributed by atoms with Crippen LogP contribution < -0.4 is 0 Å². The van der Waals surface area contributed by atoms with Gasteiger partial charge in [-0.1, -0.05) is 43.7 Å². The van der Waals surface area contributed by atoms with E-state index in [2.05, 4.69) is 18.7 Å². The van der Waals surface area contributed by atoms with Crippen LogP contribution in [0.15, 0.2) is 35.5 Å². The maximum absolute atomic E-state index is 10.7. The molecular formula is C15H19NO2. The first kappa shape index (κ1) is 14.2. The van der Waals surface area contributed by atoms with Crippen molar-refractivity contribution in [3.63, 3.8) is 0 Å². The Morgan fingerprint density at radius 1 is 1.44 bits per heavy atom. The van der Waals surface area contributed by atoms with E-state index in [1.54, 1.807) is 17.2 Å². The first-order chi connectivity index (χ1) is 8.52. The summed E-state index contributed by atoms with van der Waals surface area (Å²) in [5.41, 5.74) is 3.15. The summed E-state index contributed by atoms with van der Waals surface area (Å²) >= 11 is 0. The molecule has 2 bridgehead atoms. The molecule has 96 valence electrons. The highest BCUT2D eigenvalue weighted by Gasteiger charge is 2.14. The van der Waals surface area contributed by atoms with Gasteiger partial charge in [-0.15, -0.1) is 0 Å². The Labute approximate surface area is 108 Å². The molecule has 0 heterocycles. The average molecular weight is 245 g/mol. The van der Waals surface area contributed by atoms with Crippen LogP contribution in [0.2, 0.25) is 0 Å². The van der Waals surface area contributed by atoms with Crippen molar-refractivity contribution in [1.29, 1.82) is 5.26 Å². The molecule has 0 unspecified atom stereocenters. The lowest BCUT2D eigenvalue weighted by Gasteiger charge is -2.04. The van der Waals surface area contributed by atoms with Gasteiger partial charge in [0.05, 0.1) is 6.61 Å². The molecule has 0 aromatic carbocycles. The summed E-state index contributed by atoms with van der Waals surface area (Å²) in [5.74, 6) is -0.341. The number of hydrogen-bond donors (Lipinski definition) is 0. The molecule has 0 N–H and O–H groups in total. The number of carbonyl (C=O) groups is 1. The standard InChI is InChI=1S/C8H11NO2.C7H8/c1-6(2)5-11-8(10)7(3)4-9;1-2-7-4-3-6(1)5-7/h6H,3,5H2,1-2H3;1-2H,3-5H2. The Morgan fingerprint density at radius 2 is 2.00 bits per heavy atom. The van der Waals surface area contributed by atoms with Crippen molar-refractivity contribution in [3.8, 4) is 6.07 Å². The third kappa shape index (κ3) is 4.58. The number of esters is 1. The third-order valence-corrected chi connectivity index (χ3v) is 2.71. The van der Waals surface area contributed by atoms with Crippen molar-refractivity contribution >= 4 is 5.97 Å². The number of hydrogen-bond acceptors (Lipinski definition) is 3. The van der Waals surface area contributed by atoms with Crippen LogP contribution in [0.25, 0.3) is 0 Å². The Balaban J connectivity index is 0.000000194. The van der Waals surface area contributed by atoms with Gasteiger partial charge in [-0.05, 0) is 25.2 Å². The van der Waals surface area contributed by atoms with Crippen LogP contribution >= 0.6 is 0 Å². The Bertz CT molecular complexity index is 418. The largest absolute Gasteiger partial charge is 0.461 e. The summed E-state index contributed by atoms with van der Waals surface area (Å²) in [7, 11) is 0. The minimum absolute atomic E-state index is 0.148. The molecule has 0 atom stereocenters. The highest BCUT2D eigenvalue weighted by atomic mass is 16.5. The summed E-state index contributed by atoms with van der Waals surface area (Å²) in [5, 5.41) is 8.22. The Hall–Kier alpha value is -1.82.